The van der Waals surface area contributed by atoms with Crippen molar-refractivity contribution in [3.05, 3.63) is 95.6 Å². The van der Waals surface area contributed by atoms with Gasteiger partial charge in [-0.25, -0.2) is 9.69 Å². The van der Waals surface area contributed by atoms with Crippen molar-refractivity contribution in [1.82, 2.24) is 0 Å². The monoisotopic (exact) mass is 399 g/mol. The van der Waals surface area contributed by atoms with Gasteiger partial charge >= 0.3 is 5.97 Å². The van der Waals surface area contributed by atoms with Gasteiger partial charge in [0.25, 0.3) is 11.8 Å². The molecular formula is C24H17NO5. The van der Waals surface area contributed by atoms with E-state index in [2.05, 4.69) is 0 Å². The smallest absolute Gasteiger partial charge is 0.336 e. The molecule has 6 nitrogen and oxygen atoms in total. The normalized spacial score (nSPS) is 12.9. The van der Waals surface area contributed by atoms with Crippen LogP contribution in [0.3, 0.4) is 0 Å². The highest BCUT2D eigenvalue weighted by Crippen LogP contribution is 2.30. The van der Waals surface area contributed by atoms with Crippen molar-refractivity contribution in [2.45, 2.75) is 0 Å². The topological polar surface area (TPSA) is 72.9 Å². The molecule has 4 rings (SSSR count). The summed E-state index contributed by atoms with van der Waals surface area (Å²) in [6.07, 6.45) is 2.92. The van der Waals surface area contributed by atoms with E-state index in [1.807, 2.05) is 12.1 Å². The Labute approximate surface area is 173 Å². The van der Waals surface area contributed by atoms with Crippen LogP contribution in [0.25, 0.3) is 6.08 Å². The summed E-state index contributed by atoms with van der Waals surface area (Å²) in [5.41, 5.74) is 1.86. The van der Waals surface area contributed by atoms with Crippen LogP contribution in [0, 0.1) is 0 Å². The molecule has 0 aliphatic carbocycles. The summed E-state index contributed by atoms with van der Waals surface area (Å²) in [7, 11) is 1.58. The number of benzene rings is 3. The molecule has 6 heteroatoms. The molecule has 0 spiro atoms. The number of rotatable bonds is 5. The Balaban J connectivity index is 1.49. The number of anilines is 1. The predicted molar refractivity (Wildman–Crippen MR) is 112 cm³/mol. The number of esters is 1. The van der Waals surface area contributed by atoms with Crippen molar-refractivity contribution >= 4 is 29.5 Å². The van der Waals surface area contributed by atoms with Gasteiger partial charge in [0.1, 0.15) is 11.5 Å². The van der Waals surface area contributed by atoms with Gasteiger partial charge < -0.3 is 9.47 Å². The number of amides is 2. The molecule has 0 atom stereocenters. The first-order chi connectivity index (χ1) is 14.6. The zero-order chi connectivity index (χ0) is 21.1. The van der Waals surface area contributed by atoms with Gasteiger partial charge in [-0.15, -0.1) is 0 Å². The summed E-state index contributed by atoms with van der Waals surface area (Å²) in [5.74, 6) is -0.435. The molecule has 0 radical (unpaired) electrons. The number of methoxy groups -OCH3 is 1. The molecule has 0 aromatic heterocycles. The van der Waals surface area contributed by atoms with Gasteiger partial charge in [-0.2, -0.15) is 0 Å². The quantitative estimate of drug-likeness (QED) is 0.279. The standard InChI is InChI=1S/C24H17NO5/c1-29-18-12-9-16(10-13-18)11-14-22(26)30-19-6-4-5-17(15-19)25-23(27)20-7-2-3-8-21(20)24(25)28/h2-15H,1H3/b14-11+. The van der Waals surface area contributed by atoms with Crippen LogP contribution >= 0.6 is 0 Å². The number of imide groups is 1. The second-order valence-corrected chi connectivity index (χ2v) is 6.52. The maximum absolute atomic E-state index is 12.6. The van der Waals surface area contributed by atoms with Crippen LogP contribution in [-0.2, 0) is 4.79 Å². The molecule has 30 heavy (non-hydrogen) atoms. The Bertz CT molecular complexity index is 1130. The molecule has 2 amide bonds. The van der Waals surface area contributed by atoms with Gasteiger partial charge in [0, 0.05) is 12.1 Å². The van der Waals surface area contributed by atoms with Crippen molar-refractivity contribution in [2.75, 3.05) is 12.0 Å². The Morgan fingerprint density at radius 1 is 0.833 bits per heavy atom. The fourth-order valence-corrected chi connectivity index (χ4v) is 3.14. The number of carbonyl (C=O) groups excluding carboxylic acids is 3. The van der Waals surface area contributed by atoms with Crippen LogP contribution in [0.1, 0.15) is 26.3 Å². The molecule has 0 saturated heterocycles. The minimum absolute atomic E-state index is 0.230. The number of hydrogen-bond acceptors (Lipinski definition) is 5. The summed E-state index contributed by atoms with van der Waals surface area (Å²) >= 11 is 0. The van der Waals surface area contributed by atoms with Gasteiger partial charge in [0.15, 0.2) is 0 Å². The maximum atomic E-state index is 12.6. The van der Waals surface area contributed by atoms with Crippen LogP contribution < -0.4 is 14.4 Å². The summed E-state index contributed by atoms with van der Waals surface area (Å²) in [5, 5.41) is 0. The van der Waals surface area contributed by atoms with Crippen LogP contribution in [-0.4, -0.2) is 24.9 Å². The third-order valence-electron chi connectivity index (χ3n) is 4.62. The SMILES string of the molecule is COc1ccc(/C=C/C(=O)Oc2cccc(N3C(=O)c4ccccc4C3=O)c2)cc1. The number of hydrogen-bond donors (Lipinski definition) is 0. The highest BCUT2D eigenvalue weighted by atomic mass is 16.5. The highest BCUT2D eigenvalue weighted by molar-refractivity contribution is 6.34. The average Bonchev–Trinajstić information content (AvgIpc) is 3.03. The third-order valence-corrected chi connectivity index (χ3v) is 4.62. The van der Waals surface area contributed by atoms with Crippen molar-refractivity contribution in [2.24, 2.45) is 0 Å². The molecule has 0 bridgehead atoms. The van der Waals surface area contributed by atoms with Gasteiger partial charge in [0.05, 0.1) is 23.9 Å². The Morgan fingerprint density at radius 2 is 1.50 bits per heavy atom. The lowest BCUT2D eigenvalue weighted by Crippen LogP contribution is -2.29. The number of carbonyl (C=O) groups is 3. The van der Waals surface area contributed by atoms with E-state index in [0.717, 1.165) is 16.2 Å². The number of fused-ring (bicyclic) bond motifs is 1. The second-order valence-electron chi connectivity index (χ2n) is 6.52. The largest absolute Gasteiger partial charge is 0.497 e. The lowest BCUT2D eigenvalue weighted by molar-refractivity contribution is -0.128. The van der Waals surface area contributed by atoms with Crippen LogP contribution in [0.5, 0.6) is 11.5 Å². The molecule has 0 fully saturated rings. The lowest BCUT2D eigenvalue weighted by atomic mass is 10.1. The van der Waals surface area contributed by atoms with Crippen LogP contribution in [0.15, 0.2) is 78.9 Å². The third kappa shape index (κ3) is 3.71. The number of nitrogens with zero attached hydrogens (tertiary/aromatic N) is 1. The van der Waals surface area contributed by atoms with Gasteiger partial charge in [-0.3, -0.25) is 9.59 Å². The summed E-state index contributed by atoms with van der Waals surface area (Å²) < 4.78 is 10.4. The van der Waals surface area contributed by atoms with E-state index in [-0.39, 0.29) is 5.75 Å². The molecule has 0 unspecified atom stereocenters. The first-order valence-corrected chi connectivity index (χ1v) is 9.18. The van der Waals surface area contributed by atoms with Gasteiger partial charge in [-0.05, 0) is 48.0 Å². The van der Waals surface area contributed by atoms with Gasteiger partial charge in [0.2, 0.25) is 0 Å². The van der Waals surface area contributed by atoms with Crippen LogP contribution in [0.4, 0.5) is 5.69 Å². The Kier molecular flexibility index (Phi) is 5.13. The Morgan fingerprint density at radius 3 is 2.13 bits per heavy atom. The van der Waals surface area contributed by atoms with E-state index in [1.54, 1.807) is 67.8 Å². The minimum atomic E-state index is -0.578. The first kappa shape index (κ1) is 19.1. The highest BCUT2D eigenvalue weighted by Gasteiger charge is 2.36. The first-order valence-electron chi connectivity index (χ1n) is 9.18. The molecular weight excluding hydrogens is 382 g/mol. The molecule has 3 aromatic carbocycles. The van der Waals surface area contributed by atoms with E-state index in [0.29, 0.717) is 16.8 Å². The van der Waals surface area contributed by atoms with E-state index in [9.17, 15) is 14.4 Å². The molecule has 0 N–H and O–H groups in total. The molecule has 1 heterocycles. The molecule has 3 aromatic rings. The summed E-state index contributed by atoms with van der Waals surface area (Å²) in [6, 6.07) is 20.2. The van der Waals surface area contributed by atoms with Gasteiger partial charge in [-0.1, -0.05) is 30.3 Å². The van der Waals surface area contributed by atoms with E-state index < -0.39 is 17.8 Å². The fraction of sp³-hybridized carbons (Fsp3) is 0.0417. The second kappa shape index (κ2) is 8.05. The maximum Gasteiger partial charge on any atom is 0.336 e. The van der Waals surface area contributed by atoms with Crippen molar-refractivity contribution in [3.63, 3.8) is 0 Å². The van der Waals surface area contributed by atoms with Crippen molar-refractivity contribution < 1.29 is 23.9 Å². The minimum Gasteiger partial charge on any atom is -0.497 e. The zero-order valence-corrected chi connectivity index (χ0v) is 16.1. The lowest BCUT2D eigenvalue weighted by Gasteiger charge is -2.14. The van der Waals surface area contributed by atoms with Crippen molar-refractivity contribution in [3.8, 4) is 11.5 Å². The van der Waals surface area contributed by atoms with Crippen molar-refractivity contribution in [1.29, 1.82) is 0 Å². The molecule has 1 aliphatic heterocycles. The van der Waals surface area contributed by atoms with Crippen LogP contribution in [0.2, 0.25) is 0 Å². The summed E-state index contributed by atoms with van der Waals surface area (Å²) in [4.78, 5) is 38.5. The fourth-order valence-electron chi connectivity index (χ4n) is 3.14. The average molecular weight is 399 g/mol. The Hall–Kier alpha value is -4.19. The van der Waals surface area contributed by atoms with E-state index >= 15 is 0 Å². The molecule has 0 saturated carbocycles. The molecule has 148 valence electrons. The predicted octanol–water partition coefficient (Wildman–Crippen LogP) is 4.11. The zero-order valence-electron chi connectivity index (χ0n) is 16.1. The number of ether oxygens (including phenoxy) is 2. The molecule has 1 aliphatic rings. The van der Waals surface area contributed by atoms with E-state index in [1.165, 1.54) is 12.1 Å². The summed E-state index contributed by atoms with van der Waals surface area (Å²) in [6.45, 7) is 0. The van der Waals surface area contributed by atoms with E-state index in [4.69, 9.17) is 9.47 Å².